The third kappa shape index (κ3) is 4.85. The summed E-state index contributed by atoms with van der Waals surface area (Å²) in [6.45, 7) is 9.61. The number of nitrogens with zero attached hydrogens (tertiary/aromatic N) is 3. The lowest BCUT2D eigenvalue weighted by Crippen LogP contribution is -2.28. The number of carbonyl (C=O) groups excluding carboxylic acids is 1. The van der Waals surface area contributed by atoms with Crippen molar-refractivity contribution in [2.45, 2.75) is 53.0 Å². The topological polar surface area (TPSA) is 59.8 Å². The van der Waals surface area contributed by atoms with Gasteiger partial charge in [-0.05, 0) is 18.8 Å². The molecule has 5 nitrogen and oxygen atoms in total. The number of hydrogen-bond acceptors (Lipinski definition) is 3. The van der Waals surface area contributed by atoms with Gasteiger partial charge in [0.15, 0.2) is 0 Å². The number of hydrogen-bond donors (Lipinski definition) is 1. The van der Waals surface area contributed by atoms with Gasteiger partial charge in [-0.25, -0.2) is 0 Å². The number of aromatic nitrogens is 3. The number of nitrogens with one attached hydrogen (secondary N) is 1. The van der Waals surface area contributed by atoms with Crippen LogP contribution >= 0.6 is 0 Å². The summed E-state index contributed by atoms with van der Waals surface area (Å²) in [6, 6.07) is 0. The van der Waals surface area contributed by atoms with Crippen LogP contribution in [0.15, 0.2) is 6.20 Å². The molecule has 1 N–H and O–H groups in total. The van der Waals surface area contributed by atoms with Gasteiger partial charge in [-0.3, -0.25) is 9.48 Å². The Balaban J connectivity index is 2.16. The predicted octanol–water partition coefficient (Wildman–Crippen LogP) is 1.95. The van der Waals surface area contributed by atoms with E-state index >= 15 is 0 Å². The van der Waals surface area contributed by atoms with Gasteiger partial charge < -0.3 is 5.32 Å². The van der Waals surface area contributed by atoms with E-state index in [9.17, 15) is 4.79 Å². The molecular formula is C13H24N4O. The van der Waals surface area contributed by atoms with Crippen molar-refractivity contribution in [1.29, 1.82) is 0 Å². The zero-order chi connectivity index (χ0) is 13.5. The molecule has 1 aromatic rings. The molecule has 0 unspecified atom stereocenters. The molecule has 0 aliphatic heterocycles. The molecule has 0 aliphatic carbocycles. The van der Waals surface area contributed by atoms with Crippen molar-refractivity contribution in [3.05, 3.63) is 11.9 Å². The Morgan fingerprint density at radius 1 is 1.33 bits per heavy atom. The first kappa shape index (κ1) is 14.7. The van der Waals surface area contributed by atoms with E-state index in [-0.39, 0.29) is 11.8 Å². The Morgan fingerprint density at radius 2 is 2.06 bits per heavy atom. The van der Waals surface area contributed by atoms with Gasteiger partial charge in [0, 0.05) is 25.2 Å². The first-order valence-electron chi connectivity index (χ1n) is 6.68. The number of unbranched alkanes of at least 4 members (excludes halogenated alkanes) is 1. The summed E-state index contributed by atoms with van der Waals surface area (Å²) in [7, 11) is 0. The maximum atomic E-state index is 11.3. The first-order valence-corrected chi connectivity index (χ1v) is 6.68. The van der Waals surface area contributed by atoms with Crippen LogP contribution in [0.4, 0.5) is 0 Å². The minimum Gasteiger partial charge on any atom is -0.356 e. The Bertz CT molecular complexity index is 371. The van der Waals surface area contributed by atoms with E-state index in [2.05, 4.69) is 29.5 Å². The van der Waals surface area contributed by atoms with Gasteiger partial charge in [0.05, 0.1) is 5.69 Å². The third-order valence-electron chi connectivity index (χ3n) is 2.79. The molecular weight excluding hydrogens is 228 g/mol. The zero-order valence-corrected chi connectivity index (χ0v) is 11.8. The molecule has 18 heavy (non-hydrogen) atoms. The van der Waals surface area contributed by atoms with E-state index in [1.807, 2.05) is 24.7 Å². The van der Waals surface area contributed by atoms with Gasteiger partial charge in [-0.2, -0.15) is 0 Å². The molecule has 0 radical (unpaired) electrons. The SMILES string of the molecule is CC(C)C(=O)NCCCCn1cc(C(C)C)nn1. The highest BCUT2D eigenvalue weighted by atomic mass is 16.1. The number of rotatable bonds is 7. The fourth-order valence-electron chi connectivity index (χ4n) is 1.50. The molecule has 0 aliphatic rings. The van der Waals surface area contributed by atoms with Crippen molar-refractivity contribution < 1.29 is 4.79 Å². The van der Waals surface area contributed by atoms with Crippen molar-refractivity contribution >= 4 is 5.91 Å². The summed E-state index contributed by atoms with van der Waals surface area (Å²) in [4.78, 5) is 11.3. The summed E-state index contributed by atoms with van der Waals surface area (Å²) in [5.74, 6) is 0.607. The lowest BCUT2D eigenvalue weighted by Gasteiger charge is -2.07. The zero-order valence-electron chi connectivity index (χ0n) is 11.8. The average Bonchev–Trinajstić information content (AvgIpc) is 2.77. The first-order chi connectivity index (χ1) is 8.50. The molecule has 0 bridgehead atoms. The van der Waals surface area contributed by atoms with Gasteiger partial charge in [-0.15, -0.1) is 5.10 Å². The Kier molecular flexibility index (Phi) is 5.82. The normalized spacial score (nSPS) is 11.2. The average molecular weight is 252 g/mol. The second kappa shape index (κ2) is 7.13. The highest BCUT2D eigenvalue weighted by Crippen LogP contribution is 2.09. The number of amides is 1. The van der Waals surface area contributed by atoms with Crippen LogP contribution < -0.4 is 5.32 Å². The van der Waals surface area contributed by atoms with Gasteiger partial charge in [0.2, 0.25) is 5.91 Å². The van der Waals surface area contributed by atoms with Crippen molar-refractivity contribution in [2.75, 3.05) is 6.54 Å². The molecule has 0 fully saturated rings. The fraction of sp³-hybridized carbons (Fsp3) is 0.769. The van der Waals surface area contributed by atoms with Crippen LogP contribution in [0, 0.1) is 5.92 Å². The minimum absolute atomic E-state index is 0.0638. The highest BCUT2D eigenvalue weighted by molar-refractivity contribution is 5.77. The van der Waals surface area contributed by atoms with Crippen LogP contribution in [-0.2, 0) is 11.3 Å². The van der Waals surface area contributed by atoms with Crippen molar-refractivity contribution in [3.8, 4) is 0 Å². The molecule has 0 atom stereocenters. The van der Waals surface area contributed by atoms with Crippen LogP contribution in [0.3, 0.4) is 0 Å². The highest BCUT2D eigenvalue weighted by Gasteiger charge is 2.06. The molecule has 0 spiro atoms. The number of aryl methyl sites for hydroxylation is 1. The van der Waals surface area contributed by atoms with E-state index in [0.29, 0.717) is 5.92 Å². The Morgan fingerprint density at radius 3 is 2.61 bits per heavy atom. The van der Waals surface area contributed by atoms with Crippen LogP contribution in [0.25, 0.3) is 0 Å². The monoisotopic (exact) mass is 252 g/mol. The van der Waals surface area contributed by atoms with Gasteiger partial charge in [0.1, 0.15) is 0 Å². The predicted molar refractivity (Wildman–Crippen MR) is 71.2 cm³/mol. The quantitative estimate of drug-likeness (QED) is 0.755. The Labute approximate surface area is 109 Å². The minimum atomic E-state index is 0.0638. The van der Waals surface area contributed by atoms with E-state index in [1.165, 1.54) is 0 Å². The Hall–Kier alpha value is -1.39. The lowest BCUT2D eigenvalue weighted by atomic mass is 10.2. The maximum Gasteiger partial charge on any atom is 0.222 e. The summed E-state index contributed by atoms with van der Waals surface area (Å²) in [6.07, 6.45) is 3.96. The van der Waals surface area contributed by atoms with Gasteiger partial charge in [-0.1, -0.05) is 32.9 Å². The molecule has 0 saturated heterocycles. The van der Waals surface area contributed by atoms with Gasteiger partial charge >= 0.3 is 0 Å². The molecule has 5 heteroatoms. The molecule has 1 aromatic heterocycles. The number of carbonyl (C=O) groups is 1. The summed E-state index contributed by atoms with van der Waals surface area (Å²) in [5, 5.41) is 11.1. The van der Waals surface area contributed by atoms with Crippen molar-refractivity contribution in [2.24, 2.45) is 5.92 Å². The van der Waals surface area contributed by atoms with Crippen LogP contribution in [-0.4, -0.2) is 27.4 Å². The summed E-state index contributed by atoms with van der Waals surface area (Å²) < 4.78 is 1.87. The standard InChI is InChI=1S/C13H24N4O/c1-10(2)12-9-17(16-15-12)8-6-5-7-14-13(18)11(3)4/h9-11H,5-8H2,1-4H3,(H,14,18). The van der Waals surface area contributed by atoms with E-state index < -0.39 is 0 Å². The second-order valence-corrected chi connectivity index (χ2v) is 5.21. The maximum absolute atomic E-state index is 11.3. The largest absolute Gasteiger partial charge is 0.356 e. The molecule has 1 rings (SSSR count). The smallest absolute Gasteiger partial charge is 0.222 e. The van der Waals surface area contributed by atoms with Crippen LogP contribution in [0.2, 0.25) is 0 Å². The fourth-order valence-corrected chi connectivity index (χ4v) is 1.50. The van der Waals surface area contributed by atoms with Crippen LogP contribution in [0.5, 0.6) is 0 Å². The van der Waals surface area contributed by atoms with E-state index in [0.717, 1.165) is 31.6 Å². The summed E-state index contributed by atoms with van der Waals surface area (Å²) in [5.41, 5.74) is 1.03. The molecule has 1 amide bonds. The van der Waals surface area contributed by atoms with Gasteiger partial charge in [0.25, 0.3) is 0 Å². The lowest BCUT2D eigenvalue weighted by molar-refractivity contribution is -0.123. The van der Waals surface area contributed by atoms with Crippen molar-refractivity contribution in [1.82, 2.24) is 20.3 Å². The van der Waals surface area contributed by atoms with E-state index in [4.69, 9.17) is 0 Å². The summed E-state index contributed by atoms with van der Waals surface area (Å²) >= 11 is 0. The molecule has 1 heterocycles. The van der Waals surface area contributed by atoms with Crippen LogP contribution in [0.1, 0.15) is 52.1 Å². The van der Waals surface area contributed by atoms with Crippen molar-refractivity contribution in [3.63, 3.8) is 0 Å². The molecule has 0 saturated carbocycles. The third-order valence-corrected chi connectivity index (χ3v) is 2.79. The molecule has 0 aromatic carbocycles. The second-order valence-electron chi connectivity index (χ2n) is 5.21. The molecule has 102 valence electrons. The van der Waals surface area contributed by atoms with E-state index in [1.54, 1.807) is 0 Å².